The molecule has 2 N–H and O–H groups in total. The molecule has 0 radical (unpaired) electrons. The number of rotatable bonds is 9. The Labute approximate surface area is 122 Å². The second-order valence-electron chi connectivity index (χ2n) is 7.67. The van der Waals surface area contributed by atoms with Gasteiger partial charge in [0.2, 0.25) is 0 Å². The molecule has 19 heavy (non-hydrogen) atoms. The summed E-state index contributed by atoms with van der Waals surface area (Å²) >= 11 is 0. The van der Waals surface area contributed by atoms with Crippen molar-refractivity contribution in [1.82, 2.24) is 4.90 Å². The van der Waals surface area contributed by atoms with Crippen molar-refractivity contribution in [3.63, 3.8) is 0 Å². The summed E-state index contributed by atoms with van der Waals surface area (Å²) in [6.45, 7) is 18.4. The molecule has 0 saturated heterocycles. The smallest absolute Gasteiger partial charge is 0.00901 e. The second-order valence-corrected chi connectivity index (χ2v) is 7.67. The highest BCUT2D eigenvalue weighted by Gasteiger charge is 2.19. The van der Waals surface area contributed by atoms with E-state index in [-0.39, 0.29) is 0 Å². The Hall–Kier alpha value is -0.0800. The van der Waals surface area contributed by atoms with Crippen LogP contribution in [0, 0.1) is 11.3 Å². The molecule has 0 spiro atoms. The molecule has 0 aromatic carbocycles. The zero-order valence-electron chi connectivity index (χ0n) is 14.5. The molecule has 0 aromatic rings. The van der Waals surface area contributed by atoms with Crippen LogP contribution in [0.1, 0.15) is 74.1 Å². The third-order valence-corrected chi connectivity index (χ3v) is 3.72. The Bertz CT molecular complexity index is 214. The summed E-state index contributed by atoms with van der Waals surface area (Å²) < 4.78 is 0. The fourth-order valence-corrected chi connectivity index (χ4v) is 2.92. The van der Waals surface area contributed by atoms with E-state index in [4.69, 9.17) is 5.73 Å². The van der Waals surface area contributed by atoms with Crippen LogP contribution < -0.4 is 5.73 Å². The predicted octanol–water partition coefficient (Wildman–Crippen LogP) is 4.29. The molecule has 1 unspecified atom stereocenters. The molecule has 116 valence electrons. The highest BCUT2D eigenvalue weighted by Crippen LogP contribution is 2.22. The van der Waals surface area contributed by atoms with Gasteiger partial charge in [-0.25, -0.2) is 0 Å². The maximum atomic E-state index is 6.30. The van der Waals surface area contributed by atoms with Gasteiger partial charge in [0.15, 0.2) is 0 Å². The highest BCUT2D eigenvalue weighted by atomic mass is 15.2. The predicted molar refractivity (Wildman–Crippen MR) is 87.4 cm³/mol. The lowest BCUT2D eigenvalue weighted by Crippen LogP contribution is -2.40. The minimum Gasteiger partial charge on any atom is -0.328 e. The number of hydrogen-bond donors (Lipinski definition) is 1. The summed E-state index contributed by atoms with van der Waals surface area (Å²) in [5.41, 5.74) is 6.64. The first-order valence-corrected chi connectivity index (χ1v) is 8.19. The summed E-state index contributed by atoms with van der Waals surface area (Å²) in [6.07, 6.45) is 4.74. The lowest BCUT2D eigenvalue weighted by Gasteiger charge is -2.33. The lowest BCUT2D eigenvalue weighted by molar-refractivity contribution is 0.156. The van der Waals surface area contributed by atoms with Gasteiger partial charge in [0.25, 0.3) is 0 Å². The lowest BCUT2D eigenvalue weighted by atomic mass is 9.87. The van der Waals surface area contributed by atoms with Crippen molar-refractivity contribution in [2.24, 2.45) is 17.1 Å². The minimum atomic E-state index is 0.337. The van der Waals surface area contributed by atoms with Crippen molar-refractivity contribution in [1.29, 1.82) is 0 Å². The first-order valence-electron chi connectivity index (χ1n) is 8.19. The molecule has 0 rings (SSSR count). The Kier molecular flexibility index (Phi) is 8.93. The molecular weight excluding hydrogens is 232 g/mol. The first kappa shape index (κ1) is 18.9. The number of nitrogens with two attached hydrogens (primary N) is 1. The van der Waals surface area contributed by atoms with E-state index in [1.165, 1.54) is 19.4 Å². The van der Waals surface area contributed by atoms with E-state index in [0.717, 1.165) is 31.3 Å². The molecule has 2 heteroatoms. The van der Waals surface area contributed by atoms with Crippen LogP contribution in [-0.2, 0) is 0 Å². The molecule has 0 aliphatic carbocycles. The van der Waals surface area contributed by atoms with Gasteiger partial charge in [0.05, 0.1) is 0 Å². The molecule has 0 aliphatic rings. The maximum Gasteiger partial charge on any atom is 0.00901 e. The maximum absolute atomic E-state index is 6.30. The van der Waals surface area contributed by atoms with Crippen LogP contribution in [-0.4, -0.2) is 30.1 Å². The van der Waals surface area contributed by atoms with Crippen LogP contribution in [0.15, 0.2) is 0 Å². The third kappa shape index (κ3) is 9.45. The molecule has 0 fully saturated rings. The van der Waals surface area contributed by atoms with Crippen LogP contribution in [0.5, 0.6) is 0 Å². The summed E-state index contributed by atoms with van der Waals surface area (Å²) in [7, 11) is 0. The first-order chi connectivity index (χ1) is 8.69. The molecule has 0 bridgehead atoms. The van der Waals surface area contributed by atoms with Crippen molar-refractivity contribution < 1.29 is 0 Å². The van der Waals surface area contributed by atoms with E-state index in [1.807, 2.05) is 0 Å². The summed E-state index contributed by atoms with van der Waals surface area (Å²) in [5.74, 6) is 0.736. The minimum absolute atomic E-state index is 0.337. The Morgan fingerprint density at radius 2 is 1.58 bits per heavy atom. The average Bonchev–Trinajstić information content (AvgIpc) is 2.24. The molecule has 0 heterocycles. The van der Waals surface area contributed by atoms with E-state index in [1.54, 1.807) is 0 Å². The summed E-state index contributed by atoms with van der Waals surface area (Å²) in [4.78, 5) is 2.66. The molecule has 1 atom stereocenters. The van der Waals surface area contributed by atoms with Crippen molar-refractivity contribution in [3.8, 4) is 0 Å². The van der Waals surface area contributed by atoms with Crippen molar-refractivity contribution in [3.05, 3.63) is 0 Å². The van der Waals surface area contributed by atoms with Gasteiger partial charge in [-0.1, -0.05) is 48.5 Å². The van der Waals surface area contributed by atoms with Crippen LogP contribution in [0.25, 0.3) is 0 Å². The van der Waals surface area contributed by atoms with Gasteiger partial charge in [0, 0.05) is 18.6 Å². The van der Waals surface area contributed by atoms with Crippen molar-refractivity contribution in [2.45, 2.75) is 86.2 Å². The van der Waals surface area contributed by atoms with E-state index in [0.29, 0.717) is 11.5 Å². The average molecular weight is 271 g/mol. The number of nitrogens with zero attached hydrogens (tertiary/aromatic N) is 1. The van der Waals surface area contributed by atoms with Gasteiger partial charge in [0.1, 0.15) is 0 Å². The van der Waals surface area contributed by atoms with Crippen LogP contribution in [0.2, 0.25) is 0 Å². The summed E-state index contributed by atoms with van der Waals surface area (Å²) in [5, 5.41) is 0. The summed E-state index contributed by atoms with van der Waals surface area (Å²) in [6, 6.07) is 1.06. The normalized spacial score (nSPS) is 14.7. The van der Waals surface area contributed by atoms with Crippen molar-refractivity contribution in [2.75, 3.05) is 13.1 Å². The van der Waals surface area contributed by atoms with E-state index in [2.05, 4.69) is 53.4 Å². The topological polar surface area (TPSA) is 29.3 Å². The fraction of sp³-hybridized carbons (Fsp3) is 1.00. The molecule has 0 aromatic heterocycles. The van der Waals surface area contributed by atoms with Gasteiger partial charge < -0.3 is 10.6 Å². The highest BCUT2D eigenvalue weighted by molar-refractivity contribution is 4.76. The SMILES string of the molecule is CCC(CC)N(CCC(N)CC(C)(C)C)CC(C)C. The molecule has 0 saturated carbocycles. The quantitative estimate of drug-likeness (QED) is 0.677. The fourth-order valence-electron chi connectivity index (χ4n) is 2.92. The van der Waals surface area contributed by atoms with E-state index in [9.17, 15) is 0 Å². The second kappa shape index (κ2) is 8.97. The Morgan fingerprint density at radius 3 is 1.95 bits per heavy atom. The zero-order valence-corrected chi connectivity index (χ0v) is 14.5. The van der Waals surface area contributed by atoms with Crippen LogP contribution >= 0.6 is 0 Å². The van der Waals surface area contributed by atoms with Gasteiger partial charge in [-0.15, -0.1) is 0 Å². The van der Waals surface area contributed by atoms with Gasteiger partial charge >= 0.3 is 0 Å². The van der Waals surface area contributed by atoms with Gasteiger partial charge in [-0.3, -0.25) is 0 Å². The van der Waals surface area contributed by atoms with E-state index < -0.39 is 0 Å². The van der Waals surface area contributed by atoms with Crippen LogP contribution in [0.3, 0.4) is 0 Å². The van der Waals surface area contributed by atoms with Crippen molar-refractivity contribution >= 4 is 0 Å². The van der Waals surface area contributed by atoms with Crippen LogP contribution in [0.4, 0.5) is 0 Å². The van der Waals surface area contributed by atoms with E-state index >= 15 is 0 Å². The Balaban J connectivity index is 4.32. The number of hydrogen-bond acceptors (Lipinski definition) is 2. The zero-order chi connectivity index (χ0) is 15.1. The Morgan fingerprint density at radius 1 is 1.05 bits per heavy atom. The molecular formula is C17H38N2. The third-order valence-electron chi connectivity index (χ3n) is 3.72. The standard InChI is InChI=1S/C17H38N2/c1-8-16(9-2)19(13-14(3)4)11-10-15(18)12-17(5,6)7/h14-16H,8-13,18H2,1-7H3. The largest absolute Gasteiger partial charge is 0.328 e. The molecule has 0 aliphatic heterocycles. The molecule has 0 amide bonds. The van der Waals surface area contributed by atoms with Gasteiger partial charge in [-0.05, 0) is 43.6 Å². The van der Waals surface area contributed by atoms with Gasteiger partial charge in [-0.2, -0.15) is 0 Å². The monoisotopic (exact) mass is 270 g/mol. The molecule has 2 nitrogen and oxygen atoms in total.